The number of carbonyl (C=O) groups is 1. The topological polar surface area (TPSA) is 72.7 Å². The zero-order valence-electron chi connectivity index (χ0n) is 13.3. The number of amides is 1. The number of tetrazole rings is 1. The fraction of sp³-hybridized carbons (Fsp3) is 0.176. The molecule has 0 radical (unpaired) electrons. The first kappa shape index (κ1) is 17.4. The molecule has 6 nitrogen and oxygen atoms in total. The summed E-state index contributed by atoms with van der Waals surface area (Å²) in [4.78, 5) is 12.0. The number of benzene rings is 2. The number of carbonyl (C=O) groups excluding carboxylic acids is 1. The lowest BCUT2D eigenvalue weighted by molar-refractivity contribution is -0.118. The van der Waals surface area contributed by atoms with Gasteiger partial charge in [0.25, 0.3) is 0 Å². The third kappa shape index (κ3) is 5.04. The maximum absolute atomic E-state index is 12.0. The van der Waals surface area contributed by atoms with Gasteiger partial charge in [0.05, 0.1) is 17.2 Å². The highest BCUT2D eigenvalue weighted by Crippen LogP contribution is 2.14. The van der Waals surface area contributed by atoms with E-state index in [1.807, 2.05) is 48.5 Å². The van der Waals surface area contributed by atoms with Gasteiger partial charge in [0.1, 0.15) is 0 Å². The van der Waals surface area contributed by atoms with E-state index in [-0.39, 0.29) is 5.91 Å². The van der Waals surface area contributed by atoms with Gasteiger partial charge in [-0.2, -0.15) is 4.68 Å². The molecular formula is C17H16ClN5OS. The fourth-order valence-electron chi connectivity index (χ4n) is 2.20. The number of rotatable bonds is 7. The summed E-state index contributed by atoms with van der Waals surface area (Å²) in [5, 5.41) is 15.3. The van der Waals surface area contributed by atoms with E-state index in [0.717, 1.165) is 11.3 Å². The molecule has 3 rings (SSSR count). The molecule has 1 amide bonds. The van der Waals surface area contributed by atoms with Crippen LogP contribution in [0.15, 0.2) is 54.6 Å². The number of thioether (sulfide) groups is 1. The average molecular weight is 374 g/mol. The molecule has 1 heterocycles. The lowest BCUT2D eigenvalue weighted by Crippen LogP contribution is -2.24. The molecule has 2 aromatic carbocycles. The summed E-state index contributed by atoms with van der Waals surface area (Å²) in [5.41, 5.74) is 1.87. The van der Waals surface area contributed by atoms with Crippen molar-refractivity contribution in [2.75, 3.05) is 5.75 Å². The third-order valence-electron chi connectivity index (χ3n) is 3.38. The predicted molar refractivity (Wildman–Crippen MR) is 98.6 cm³/mol. The van der Waals surface area contributed by atoms with Crippen LogP contribution in [0, 0.1) is 0 Å². The molecule has 0 atom stereocenters. The SMILES string of the molecule is O=C(CSCc1nnnn1-c1ccccc1)NCc1cccc(Cl)c1. The minimum atomic E-state index is -0.0382. The minimum Gasteiger partial charge on any atom is -0.351 e. The van der Waals surface area contributed by atoms with E-state index in [1.165, 1.54) is 11.8 Å². The Balaban J connectivity index is 1.47. The molecule has 0 spiro atoms. The number of nitrogens with one attached hydrogen (secondary N) is 1. The van der Waals surface area contributed by atoms with E-state index in [4.69, 9.17) is 11.6 Å². The summed E-state index contributed by atoms with van der Waals surface area (Å²) in [6.45, 7) is 0.460. The molecular weight excluding hydrogens is 358 g/mol. The van der Waals surface area contributed by atoms with Crippen molar-refractivity contribution in [3.8, 4) is 5.69 Å². The highest BCUT2D eigenvalue weighted by Gasteiger charge is 2.09. The summed E-state index contributed by atoms with van der Waals surface area (Å²) >= 11 is 7.39. The van der Waals surface area contributed by atoms with Crippen molar-refractivity contribution < 1.29 is 4.79 Å². The quantitative estimate of drug-likeness (QED) is 0.689. The smallest absolute Gasteiger partial charge is 0.230 e. The van der Waals surface area contributed by atoms with Gasteiger partial charge in [-0.05, 0) is 40.3 Å². The van der Waals surface area contributed by atoms with Crippen LogP contribution in [0.2, 0.25) is 5.02 Å². The molecule has 0 aliphatic carbocycles. The fourth-order valence-corrected chi connectivity index (χ4v) is 3.16. The van der Waals surface area contributed by atoms with Crippen molar-refractivity contribution >= 4 is 29.3 Å². The van der Waals surface area contributed by atoms with Crippen LogP contribution in [0.1, 0.15) is 11.4 Å². The van der Waals surface area contributed by atoms with Crippen LogP contribution >= 0.6 is 23.4 Å². The molecule has 0 fully saturated rings. The van der Waals surface area contributed by atoms with Gasteiger partial charge < -0.3 is 5.32 Å². The van der Waals surface area contributed by atoms with Crippen LogP contribution in [0.4, 0.5) is 0 Å². The predicted octanol–water partition coefficient (Wildman–Crippen LogP) is 2.87. The van der Waals surface area contributed by atoms with Crippen molar-refractivity contribution in [2.24, 2.45) is 0 Å². The van der Waals surface area contributed by atoms with Crippen molar-refractivity contribution in [2.45, 2.75) is 12.3 Å². The molecule has 25 heavy (non-hydrogen) atoms. The van der Waals surface area contributed by atoms with Crippen molar-refractivity contribution in [3.63, 3.8) is 0 Å². The number of nitrogens with zero attached hydrogens (tertiary/aromatic N) is 4. The molecule has 0 saturated heterocycles. The molecule has 8 heteroatoms. The first-order valence-corrected chi connectivity index (χ1v) is 9.17. The van der Waals surface area contributed by atoms with Gasteiger partial charge >= 0.3 is 0 Å². The number of halogens is 1. The van der Waals surface area contributed by atoms with Crippen LogP contribution in [0.25, 0.3) is 5.69 Å². The van der Waals surface area contributed by atoms with Crippen LogP contribution in [-0.4, -0.2) is 31.9 Å². The van der Waals surface area contributed by atoms with E-state index in [9.17, 15) is 4.79 Å². The normalized spacial score (nSPS) is 10.6. The number of hydrogen-bond acceptors (Lipinski definition) is 5. The second-order valence-corrected chi connectivity index (χ2v) is 6.66. The van der Waals surface area contributed by atoms with Crippen LogP contribution in [0.3, 0.4) is 0 Å². The van der Waals surface area contributed by atoms with E-state index < -0.39 is 0 Å². The van der Waals surface area contributed by atoms with Gasteiger partial charge in [-0.15, -0.1) is 16.9 Å². The maximum Gasteiger partial charge on any atom is 0.230 e. The van der Waals surface area contributed by atoms with Gasteiger partial charge in [0.2, 0.25) is 5.91 Å². The number of aromatic nitrogens is 4. The molecule has 1 aromatic heterocycles. The Hall–Kier alpha value is -2.38. The second kappa shape index (κ2) is 8.64. The van der Waals surface area contributed by atoms with Crippen molar-refractivity contribution in [1.29, 1.82) is 0 Å². The Bertz CT molecular complexity index is 840. The zero-order valence-corrected chi connectivity index (χ0v) is 14.9. The van der Waals surface area contributed by atoms with E-state index in [1.54, 1.807) is 10.7 Å². The van der Waals surface area contributed by atoms with Gasteiger partial charge in [-0.1, -0.05) is 41.9 Å². The standard InChI is InChI=1S/C17H16ClN5OS/c18-14-6-4-5-13(9-14)10-19-17(24)12-25-11-16-20-21-22-23(16)15-7-2-1-3-8-15/h1-9H,10-12H2,(H,19,24). The summed E-state index contributed by atoms with van der Waals surface area (Å²) in [7, 11) is 0. The Kier molecular flexibility index (Phi) is 6.03. The minimum absolute atomic E-state index is 0.0382. The first-order valence-electron chi connectivity index (χ1n) is 7.64. The largest absolute Gasteiger partial charge is 0.351 e. The van der Waals surface area contributed by atoms with Crippen molar-refractivity contribution in [3.05, 3.63) is 71.0 Å². The molecule has 0 bridgehead atoms. The highest BCUT2D eigenvalue weighted by molar-refractivity contribution is 7.99. The molecule has 3 aromatic rings. The maximum atomic E-state index is 12.0. The Morgan fingerprint density at radius 2 is 2.00 bits per heavy atom. The Labute approximate surface area is 154 Å². The Morgan fingerprint density at radius 3 is 2.80 bits per heavy atom. The van der Waals surface area contributed by atoms with Crippen LogP contribution in [-0.2, 0) is 17.1 Å². The summed E-state index contributed by atoms with van der Waals surface area (Å²) in [6.07, 6.45) is 0. The van der Waals surface area contributed by atoms with Crippen molar-refractivity contribution in [1.82, 2.24) is 25.5 Å². The van der Waals surface area contributed by atoms with Gasteiger partial charge in [0.15, 0.2) is 5.82 Å². The monoisotopic (exact) mass is 373 g/mol. The lowest BCUT2D eigenvalue weighted by atomic mass is 10.2. The molecule has 1 N–H and O–H groups in total. The lowest BCUT2D eigenvalue weighted by Gasteiger charge is -2.06. The van der Waals surface area contributed by atoms with Crippen LogP contribution in [0.5, 0.6) is 0 Å². The Morgan fingerprint density at radius 1 is 1.16 bits per heavy atom. The van der Waals surface area contributed by atoms with E-state index >= 15 is 0 Å². The molecule has 128 valence electrons. The second-order valence-electron chi connectivity index (χ2n) is 5.24. The number of para-hydroxylation sites is 1. The summed E-state index contributed by atoms with van der Waals surface area (Å²) in [5.74, 6) is 1.55. The van der Waals surface area contributed by atoms with E-state index in [2.05, 4.69) is 20.8 Å². The first-order chi connectivity index (χ1) is 12.2. The average Bonchev–Trinajstić information content (AvgIpc) is 3.09. The van der Waals surface area contributed by atoms with E-state index in [0.29, 0.717) is 28.9 Å². The molecule has 0 unspecified atom stereocenters. The van der Waals surface area contributed by atoms with Gasteiger partial charge in [-0.25, -0.2) is 0 Å². The molecule has 0 saturated carbocycles. The molecule has 0 aliphatic heterocycles. The summed E-state index contributed by atoms with van der Waals surface area (Å²) in [6, 6.07) is 17.1. The summed E-state index contributed by atoms with van der Waals surface area (Å²) < 4.78 is 1.68. The zero-order chi connectivity index (χ0) is 17.5. The van der Waals surface area contributed by atoms with Crippen LogP contribution < -0.4 is 5.32 Å². The highest BCUT2D eigenvalue weighted by atomic mass is 35.5. The third-order valence-corrected chi connectivity index (χ3v) is 4.54. The van der Waals surface area contributed by atoms with Gasteiger partial charge in [-0.3, -0.25) is 4.79 Å². The molecule has 0 aliphatic rings. The van der Waals surface area contributed by atoms with Gasteiger partial charge in [0, 0.05) is 11.6 Å². The number of hydrogen-bond donors (Lipinski definition) is 1.